The fourth-order valence-electron chi connectivity index (χ4n) is 1.10. The number of aromatic carboxylic acids is 2. The van der Waals surface area contributed by atoms with Gasteiger partial charge < -0.3 is 22.5 Å². The number of nitro groups is 1. The number of hydrogen-bond acceptors (Lipinski definition) is 6. The van der Waals surface area contributed by atoms with Crippen LogP contribution in [-0.4, -0.2) is 27.1 Å². The summed E-state index contributed by atoms with van der Waals surface area (Å²) >= 11 is 0. The Hall–Kier alpha value is -2.52. The molecular weight excluding hydrogens is 234 g/mol. The van der Waals surface area contributed by atoms with Crippen LogP contribution >= 0.6 is 0 Å². The van der Waals surface area contributed by atoms with Gasteiger partial charge in [0, 0.05) is 6.07 Å². The van der Waals surface area contributed by atoms with Crippen LogP contribution in [-0.2, 0) is 0 Å². The molecule has 1 aromatic rings. The maximum Gasteiger partial charge on any atom is 0.343 e. The minimum Gasteiger partial charge on any atom is -0.478 e. The van der Waals surface area contributed by atoms with Crippen molar-refractivity contribution in [3.05, 3.63) is 39.4 Å². The van der Waals surface area contributed by atoms with Crippen molar-refractivity contribution in [1.82, 2.24) is 12.3 Å². The van der Waals surface area contributed by atoms with Gasteiger partial charge in [0.05, 0.1) is 10.5 Å². The van der Waals surface area contributed by atoms with Crippen LogP contribution in [0.25, 0.3) is 0 Å². The Bertz CT molecular complexity index is 426. The molecule has 0 spiro atoms. The van der Waals surface area contributed by atoms with Gasteiger partial charge in [-0.1, -0.05) is 6.07 Å². The summed E-state index contributed by atoms with van der Waals surface area (Å²) in [6.45, 7) is 0. The molecule has 0 aromatic heterocycles. The van der Waals surface area contributed by atoms with Crippen LogP contribution in [0.4, 0.5) is 5.69 Å². The number of nitrogens with zero attached hydrogens (tertiary/aromatic N) is 1. The summed E-state index contributed by atoms with van der Waals surface area (Å²) in [5, 5.41) is 27.8. The molecule has 0 atom stereocenters. The van der Waals surface area contributed by atoms with Gasteiger partial charge in [-0.05, 0) is 6.07 Å². The molecule has 0 saturated heterocycles. The first kappa shape index (κ1) is 16.9. The number of nitro benzene ring substituents is 1. The Labute approximate surface area is 95.0 Å². The van der Waals surface area contributed by atoms with Crippen molar-refractivity contribution in [1.29, 1.82) is 0 Å². The molecule has 0 amide bonds. The molecule has 8 N–H and O–H groups in total. The quantitative estimate of drug-likeness (QED) is 0.452. The average molecular weight is 245 g/mol. The van der Waals surface area contributed by atoms with Crippen molar-refractivity contribution in [3.8, 4) is 0 Å². The van der Waals surface area contributed by atoms with Gasteiger partial charge in [-0.15, -0.1) is 0 Å². The zero-order chi connectivity index (χ0) is 11.6. The Kier molecular flexibility index (Phi) is 6.11. The molecule has 0 aliphatic carbocycles. The molecule has 0 heterocycles. The summed E-state index contributed by atoms with van der Waals surface area (Å²) in [6.07, 6.45) is 0. The van der Waals surface area contributed by atoms with Crippen molar-refractivity contribution in [2.75, 3.05) is 0 Å². The van der Waals surface area contributed by atoms with Gasteiger partial charge in [-0.25, -0.2) is 9.59 Å². The number of carboxylic acid groups (broad SMARTS) is 2. The normalized spacial score (nSPS) is 8.47. The highest BCUT2D eigenvalue weighted by molar-refractivity contribution is 6.04. The van der Waals surface area contributed by atoms with Gasteiger partial charge in [0.25, 0.3) is 5.69 Å². The van der Waals surface area contributed by atoms with Crippen molar-refractivity contribution in [2.24, 2.45) is 0 Å². The molecule has 9 nitrogen and oxygen atoms in total. The summed E-state index contributed by atoms with van der Waals surface area (Å²) in [5.41, 5.74) is -2.14. The van der Waals surface area contributed by atoms with Crippen LogP contribution in [0.1, 0.15) is 20.7 Å². The Morgan fingerprint density at radius 2 is 1.65 bits per heavy atom. The lowest BCUT2D eigenvalue weighted by Crippen LogP contribution is -2.10. The zero-order valence-corrected chi connectivity index (χ0v) is 8.62. The summed E-state index contributed by atoms with van der Waals surface area (Å²) in [6, 6.07) is 3.06. The second kappa shape index (κ2) is 6.15. The molecule has 0 aliphatic rings. The third kappa shape index (κ3) is 3.22. The average Bonchev–Trinajstić information content (AvgIpc) is 2.16. The van der Waals surface area contributed by atoms with Crippen molar-refractivity contribution >= 4 is 17.6 Å². The Morgan fingerprint density at radius 3 is 2.00 bits per heavy atom. The highest BCUT2D eigenvalue weighted by atomic mass is 16.6. The number of carbonyl (C=O) groups is 2. The Balaban J connectivity index is 0. The lowest BCUT2D eigenvalue weighted by atomic mass is 10.1. The van der Waals surface area contributed by atoms with E-state index in [2.05, 4.69) is 0 Å². The fraction of sp³-hybridized carbons (Fsp3) is 0. The van der Waals surface area contributed by atoms with Crippen LogP contribution in [0.2, 0.25) is 0 Å². The van der Waals surface area contributed by atoms with Gasteiger partial charge >= 0.3 is 11.9 Å². The third-order valence-corrected chi connectivity index (χ3v) is 1.68. The topological polar surface area (TPSA) is 188 Å². The van der Waals surface area contributed by atoms with E-state index in [1.54, 1.807) is 0 Å². The first-order valence-corrected chi connectivity index (χ1v) is 3.69. The maximum atomic E-state index is 10.7. The molecule has 0 aliphatic heterocycles. The second-order valence-corrected chi connectivity index (χ2v) is 2.57. The first-order valence-electron chi connectivity index (χ1n) is 3.69. The molecule has 0 saturated carbocycles. The van der Waals surface area contributed by atoms with Gasteiger partial charge in [-0.2, -0.15) is 0 Å². The van der Waals surface area contributed by atoms with E-state index in [-0.39, 0.29) is 12.3 Å². The van der Waals surface area contributed by atoms with E-state index in [9.17, 15) is 19.7 Å². The Morgan fingerprint density at radius 1 is 1.12 bits per heavy atom. The molecule has 0 unspecified atom stereocenters. The molecule has 1 aromatic carbocycles. The highest BCUT2D eigenvalue weighted by Gasteiger charge is 2.26. The second-order valence-electron chi connectivity index (χ2n) is 2.57. The third-order valence-electron chi connectivity index (χ3n) is 1.68. The van der Waals surface area contributed by atoms with Gasteiger partial charge in [-0.3, -0.25) is 10.1 Å². The van der Waals surface area contributed by atoms with E-state index < -0.39 is 33.7 Å². The first-order chi connectivity index (χ1) is 6.95. The largest absolute Gasteiger partial charge is 0.478 e. The van der Waals surface area contributed by atoms with Crippen LogP contribution < -0.4 is 12.3 Å². The molecule has 0 radical (unpaired) electrons. The smallest absolute Gasteiger partial charge is 0.343 e. The van der Waals surface area contributed by atoms with Gasteiger partial charge in [0.15, 0.2) is 5.56 Å². The maximum absolute atomic E-state index is 10.7. The number of benzene rings is 1. The predicted octanol–water partition coefficient (Wildman–Crippen LogP) is 1.32. The number of rotatable bonds is 3. The summed E-state index contributed by atoms with van der Waals surface area (Å²) < 4.78 is 0. The van der Waals surface area contributed by atoms with Crippen LogP contribution in [0, 0.1) is 10.1 Å². The van der Waals surface area contributed by atoms with Crippen molar-refractivity contribution < 1.29 is 24.7 Å². The molecule has 94 valence electrons. The monoisotopic (exact) mass is 245 g/mol. The number of hydrogen-bond donors (Lipinski definition) is 4. The fourth-order valence-corrected chi connectivity index (χ4v) is 1.10. The van der Waals surface area contributed by atoms with Gasteiger partial charge in [0.2, 0.25) is 0 Å². The highest BCUT2D eigenvalue weighted by Crippen LogP contribution is 2.22. The van der Waals surface area contributed by atoms with Crippen LogP contribution in [0.5, 0.6) is 0 Å². The molecule has 0 fully saturated rings. The SMILES string of the molecule is N.N.O=C(O)c1cccc([N+](=O)[O-])c1C(=O)O. The summed E-state index contributed by atoms with van der Waals surface area (Å²) in [4.78, 5) is 30.8. The standard InChI is InChI=1S/C8H5NO6.2H3N/c10-7(11)4-2-1-3-5(9(14)15)6(4)8(12)13;;/h1-3H,(H,10,11)(H,12,13);2*1H3. The predicted molar refractivity (Wildman–Crippen MR) is 57.1 cm³/mol. The molecule has 9 heteroatoms. The summed E-state index contributed by atoms with van der Waals surface area (Å²) in [7, 11) is 0. The minimum absolute atomic E-state index is 0. The molecule has 0 bridgehead atoms. The summed E-state index contributed by atoms with van der Waals surface area (Å²) in [5.74, 6) is -3.16. The van der Waals surface area contributed by atoms with Gasteiger partial charge in [0.1, 0.15) is 0 Å². The van der Waals surface area contributed by atoms with E-state index in [1.807, 2.05) is 0 Å². The number of carboxylic acids is 2. The molecule has 1 rings (SSSR count). The van der Waals surface area contributed by atoms with E-state index in [4.69, 9.17) is 10.2 Å². The van der Waals surface area contributed by atoms with Crippen molar-refractivity contribution in [2.45, 2.75) is 0 Å². The van der Waals surface area contributed by atoms with Crippen LogP contribution in [0.3, 0.4) is 0 Å². The van der Waals surface area contributed by atoms with E-state index >= 15 is 0 Å². The van der Waals surface area contributed by atoms with E-state index in [1.165, 1.54) is 0 Å². The lowest BCUT2D eigenvalue weighted by Gasteiger charge is -2.01. The van der Waals surface area contributed by atoms with E-state index in [0.717, 1.165) is 18.2 Å². The van der Waals surface area contributed by atoms with E-state index in [0.29, 0.717) is 0 Å². The zero-order valence-electron chi connectivity index (χ0n) is 8.62. The van der Waals surface area contributed by atoms with Crippen molar-refractivity contribution in [3.63, 3.8) is 0 Å². The molecular formula is C8H11N3O6. The van der Waals surface area contributed by atoms with Crippen LogP contribution in [0.15, 0.2) is 18.2 Å². The molecule has 17 heavy (non-hydrogen) atoms. The minimum atomic E-state index is -1.64. The lowest BCUT2D eigenvalue weighted by molar-refractivity contribution is -0.385.